The van der Waals surface area contributed by atoms with E-state index in [1.807, 2.05) is 41.3 Å². The Bertz CT molecular complexity index is 798. The number of aryl methyl sites for hydroxylation is 1. The van der Waals surface area contributed by atoms with Gasteiger partial charge in [-0.25, -0.2) is 0 Å². The summed E-state index contributed by atoms with van der Waals surface area (Å²) in [6.45, 7) is 0.779. The van der Waals surface area contributed by atoms with E-state index in [9.17, 15) is 9.59 Å². The molecule has 0 radical (unpaired) electrons. The van der Waals surface area contributed by atoms with Gasteiger partial charge in [0.25, 0.3) is 0 Å². The average Bonchev–Trinajstić information content (AvgIpc) is 2.93. The number of carbonyl (C=O) groups is 2. The number of nitrogens with zero attached hydrogens (tertiary/aromatic N) is 1. The van der Waals surface area contributed by atoms with E-state index in [4.69, 9.17) is 0 Å². The van der Waals surface area contributed by atoms with Crippen molar-refractivity contribution < 1.29 is 9.59 Å². The van der Waals surface area contributed by atoms with Crippen LogP contribution >= 0.6 is 0 Å². The molecule has 0 unspecified atom stereocenters. The number of para-hydroxylation sites is 1. The molecule has 0 aliphatic carbocycles. The van der Waals surface area contributed by atoms with E-state index in [1.165, 1.54) is 5.56 Å². The lowest BCUT2D eigenvalue weighted by Crippen LogP contribution is -2.36. The van der Waals surface area contributed by atoms with Crippen molar-refractivity contribution in [1.82, 2.24) is 0 Å². The first-order chi connectivity index (χ1) is 11.2. The first-order valence-electron chi connectivity index (χ1n) is 8.00. The van der Waals surface area contributed by atoms with Gasteiger partial charge in [-0.1, -0.05) is 30.3 Å². The van der Waals surface area contributed by atoms with Crippen LogP contribution in [0.5, 0.6) is 0 Å². The van der Waals surface area contributed by atoms with E-state index in [2.05, 4.69) is 11.4 Å². The second kappa shape index (κ2) is 5.54. The van der Waals surface area contributed by atoms with Gasteiger partial charge in [0.1, 0.15) is 0 Å². The highest BCUT2D eigenvalue weighted by Crippen LogP contribution is 2.28. The van der Waals surface area contributed by atoms with Crippen LogP contribution in [-0.2, 0) is 28.9 Å². The van der Waals surface area contributed by atoms with Crippen LogP contribution in [0.3, 0.4) is 0 Å². The number of rotatable bonds is 2. The zero-order valence-electron chi connectivity index (χ0n) is 12.8. The Kier molecular flexibility index (Phi) is 3.37. The van der Waals surface area contributed by atoms with Crippen molar-refractivity contribution in [2.24, 2.45) is 0 Å². The summed E-state index contributed by atoms with van der Waals surface area (Å²) in [5, 5.41) is 2.82. The molecule has 0 saturated heterocycles. The highest BCUT2D eigenvalue weighted by atomic mass is 16.2. The molecule has 23 heavy (non-hydrogen) atoms. The van der Waals surface area contributed by atoms with Crippen LogP contribution in [0.15, 0.2) is 42.5 Å². The van der Waals surface area contributed by atoms with E-state index in [0.29, 0.717) is 12.8 Å². The van der Waals surface area contributed by atoms with Crippen molar-refractivity contribution in [3.63, 3.8) is 0 Å². The van der Waals surface area contributed by atoms with Gasteiger partial charge in [-0.3, -0.25) is 9.59 Å². The third-order valence-corrected chi connectivity index (χ3v) is 4.56. The van der Waals surface area contributed by atoms with Gasteiger partial charge in [-0.05, 0) is 41.7 Å². The fraction of sp³-hybridized carbons (Fsp3) is 0.263. The van der Waals surface area contributed by atoms with Gasteiger partial charge in [0.05, 0.1) is 12.8 Å². The zero-order chi connectivity index (χ0) is 15.8. The molecule has 2 amide bonds. The molecular formula is C19H18N2O2. The predicted octanol–water partition coefficient (Wildman–Crippen LogP) is 2.70. The molecule has 116 valence electrons. The molecule has 0 aromatic heterocycles. The fourth-order valence-corrected chi connectivity index (χ4v) is 3.46. The van der Waals surface area contributed by atoms with Gasteiger partial charge < -0.3 is 10.2 Å². The van der Waals surface area contributed by atoms with E-state index < -0.39 is 0 Å². The van der Waals surface area contributed by atoms with Crippen LogP contribution in [0, 0.1) is 0 Å². The third-order valence-electron chi connectivity index (χ3n) is 4.56. The van der Waals surface area contributed by atoms with Crippen LogP contribution in [0.1, 0.15) is 23.1 Å². The number of hydrogen-bond acceptors (Lipinski definition) is 2. The maximum absolute atomic E-state index is 12.7. The molecule has 1 N–H and O–H groups in total. The Hall–Kier alpha value is -2.62. The van der Waals surface area contributed by atoms with E-state index >= 15 is 0 Å². The highest BCUT2D eigenvalue weighted by molar-refractivity contribution is 6.00. The number of anilines is 2. The molecule has 4 heteroatoms. The summed E-state index contributed by atoms with van der Waals surface area (Å²) in [5.41, 5.74) is 5.11. The molecule has 4 nitrogen and oxygen atoms in total. The molecule has 2 aromatic rings. The van der Waals surface area contributed by atoms with Gasteiger partial charge in [-0.2, -0.15) is 0 Å². The minimum atomic E-state index is 0.0217. The summed E-state index contributed by atoms with van der Waals surface area (Å²) in [6, 6.07) is 13.9. The quantitative estimate of drug-likeness (QED) is 0.927. The van der Waals surface area contributed by atoms with Crippen molar-refractivity contribution in [2.45, 2.75) is 25.7 Å². The smallest absolute Gasteiger partial charge is 0.231 e. The van der Waals surface area contributed by atoms with Crippen molar-refractivity contribution in [1.29, 1.82) is 0 Å². The van der Waals surface area contributed by atoms with E-state index in [-0.39, 0.29) is 11.8 Å². The van der Waals surface area contributed by atoms with Crippen LogP contribution in [-0.4, -0.2) is 18.4 Å². The Morgan fingerprint density at radius 1 is 1.13 bits per heavy atom. The second-order valence-electron chi connectivity index (χ2n) is 6.17. The molecular weight excluding hydrogens is 288 g/mol. The first-order valence-corrected chi connectivity index (χ1v) is 8.00. The second-order valence-corrected chi connectivity index (χ2v) is 6.17. The predicted molar refractivity (Wildman–Crippen MR) is 89.6 cm³/mol. The van der Waals surface area contributed by atoms with Crippen molar-refractivity contribution in [3.8, 4) is 0 Å². The number of amides is 2. The molecule has 2 heterocycles. The Balaban J connectivity index is 1.55. The molecule has 0 bridgehead atoms. The largest absolute Gasteiger partial charge is 0.326 e. The van der Waals surface area contributed by atoms with Gasteiger partial charge >= 0.3 is 0 Å². The Labute approximate surface area is 135 Å². The fourth-order valence-electron chi connectivity index (χ4n) is 3.46. The minimum Gasteiger partial charge on any atom is -0.326 e. The zero-order valence-corrected chi connectivity index (χ0v) is 12.8. The maximum Gasteiger partial charge on any atom is 0.231 e. The summed E-state index contributed by atoms with van der Waals surface area (Å²) >= 11 is 0. The molecule has 0 atom stereocenters. The van der Waals surface area contributed by atoms with Gasteiger partial charge in [-0.15, -0.1) is 0 Å². The Morgan fingerprint density at radius 2 is 2.00 bits per heavy atom. The highest BCUT2D eigenvalue weighted by Gasteiger charge is 2.23. The summed E-state index contributed by atoms with van der Waals surface area (Å²) in [4.78, 5) is 26.1. The number of nitrogens with one attached hydrogen (secondary N) is 1. The van der Waals surface area contributed by atoms with Crippen molar-refractivity contribution >= 4 is 23.2 Å². The van der Waals surface area contributed by atoms with Gasteiger partial charge in [0.15, 0.2) is 0 Å². The minimum absolute atomic E-state index is 0.0217. The molecule has 4 rings (SSSR count). The number of carbonyl (C=O) groups excluding carboxylic acids is 2. The van der Waals surface area contributed by atoms with E-state index in [0.717, 1.165) is 41.9 Å². The molecule has 2 aromatic carbocycles. The number of benzene rings is 2. The monoisotopic (exact) mass is 306 g/mol. The summed E-state index contributed by atoms with van der Waals surface area (Å²) in [7, 11) is 0. The first kappa shape index (κ1) is 14.0. The number of hydrogen-bond donors (Lipinski definition) is 1. The van der Waals surface area contributed by atoms with Crippen LogP contribution in [0.2, 0.25) is 0 Å². The maximum atomic E-state index is 12.7. The topological polar surface area (TPSA) is 49.4 Å². The third kappa shape index (κ3) is 2.61. The standard InChI is InChI=1S/C19H18N2O2/c22-18-12-15-10-13(7-8-16(15)20-18)11-19(23)21-9-3-5-14-4-1-2-6-17(14)21/h1-2,4,6-8,10H,3,5,9,11-12H2,(H,20,22). The lowest BCUT2D eigenvalue weighted by Gasteiger charge is -2.29. The summed E-state index contributed by atoms with van der Waals surface area (Å²) < 4.78 is 0. The lowest BCUT2D eigenvalue weighted by atomic mass is 10.00. The van der Waals surface area contributed by atoms with Crippen molar-refractivity contribution in [3.05, 3.63) is 59.2 Å². The summed E-state index contributed by atoms with van der Waals surface area (Å²) in [6.07, 6.45) is 2.82. The average molecular weight is 306 g/mol. The van der Waals surface area contributed by atoms with Crippen LogP contribution in [0.25, 0.3) is 0 Å². The molecule has 0 fully saturated rings. The van der Waals surface area contributed by atoms with Crippen LogP contribution in [0.4, 0.5) is 11.4 Å². The van der Waals surface area contributed by atoms with Crippen molar-refractivity contribution in [2.75, 3.05) is 16.8 Å². The number of fused-ring (bicyclic) bond motifs is 2. The SMILES string of the molecule is O=C1Cc2cc(CC(=O)N3CCCc4ccccc43)ccc2N1. The Morgan fingerprint density at radius 3 is 2.91 bits per heavy atom. The normalized spacial score (nSPS) is 15.8. The van der Waals surface area contributed by atoms with E-state index in [1.54, 1.807) is 0 Å². The van der Waals surface area contributed by atoms with Crippen LogP contribution < -0.4 is 10.2 Å². The molecule has 2 aliphatic heterocycles. The summed E-state index contributed by atoms with van der Waals surface area (Å²) in [5.74, 6) is 0.141. The lowest BCUT2D eigenvalue weighted by molar-refractivity contribution is -0.118. The van der Waals surface area contributed by atoms with Gasteiger partial charge in [0.2, 0.25) is 11.8 Å². The van der Waals surface area contributed by atoms with Gasteiger partial charge in [0, 0.05) is 17.9 Å². The molecule has 2 aliphatic rings. The molecule has 0 saturated carbocycles. The molecule has 0 spiro atoms.